The lowest BCUT2D eigenvalue weighted by Crippen LogP contribution is -2.38. The second kappa shape index (κ2) is 10.1. The highest BCUT2D eigenvalue weighted by Crippen LogP contribution is 2.20. The van der Waals surface area contributed by atoms with E-state index < -0.39 is 0 Å². The molecule has 8 heteroatoms. The van der Waals surface area contributed by atoms with E-state index in [1.54, 1.807) is 12.1 Å². The van der Waals surface area contributed by atoms with E-state index in [4.69, 9.17) is 9.47 Å². The lowest BCUT2D eigenvalue weighted by molar-refractivity contribution is -0.119. The van der Waals surface area contributed by atoms with Gasteiger partial charge in [0.15, 0.2) is 0 Å². The lowest BCUT2D eigenvalue weighted by Gasteiger charge is -2.19. The van der Waals surface area contributed by atoms with Crippen LogP contribution in [0.25, 0.3) is 0 Å². The number of carbonyl (C=O) groups is 2. The number of carbonyl (C=O) groups excluding carboxylic acids is 2. The fraction of sp³-hybridized carbons (Fsp3) is 0.556. The molecule has 0 saturated carbocycles. The molecule has 0 spiro atoms. The number of hydrogen-bond acceptors (Lipinski definition) is 5. The maximum Gasteiger partial charge on any atom is 0.319 e. The summed E-state index contributed by atoms with van der Waals surface area (Å²) >= 11 is 0. The number of aryl methyl sites for hydroxylation is 1. The van der Waals surface area contributed by atoms with Crippen LogP contribution >= 0.6 is 0 Å². The number of amides is 3. The Hall–Kier alpha value is -2.16. The molecule has 1 atom stereocenters. The standard InChI is InChI=1S/C18H28N4O4/c1-13-4-5-15(20-17(23)12-25-3)8-16(13)21-18(24)19-9-14-10-22(2)6-7-26-11-14/h4-5,8,14H,6-7,9-12H2,1-3H3,(H,20,23)(H2,19,21,24)/t14-/m1/s1. The Morgan fingerprint density at radius 2 is 2.15 bits per heavy atom. The van der Waals surface area contributed by atoms with Crippen LogP contribution in [0.1, 0.15) is 5.56 Å². The SMILES string of the molecule is COCC(=O)Nc1ccc(C)c(NC(=O)NC[C@H]2COCCN(C)C2)c1. The highest BCUT2D eigenvalue weighted by atomic mass is 16.5. The highest BCUT2D eigenvalue weighted by Gasteiger charge is 2.17. The molecule has 1 saturated heterocycles. The van der Waals surface area contributed by atoms with Gasteiger partial charge in [-0.15, -0.1) is 0 Å². The maximum atomic E-state index is 12.2. The molecule has 0 aliphatic carbocycles. The van der Waals surface area contributed by atoms with Gasteiger partial charge in [0, 0.05) is 44.0 Å². The van der Waals surface area contributed by atoms with Crippen molar-refractivity contribution in [3.63, 3.8) is 0 Å². The Morgan fingerprint density at radius 1 is 1.35 bits per heavy atom. The van der Waals surface area contributed by atoms with Crippen LogP contribution < -0.4 is 16.0 Å². The summed E-state index contributed by atoms with van der Waals surface area (Å²) in [7, 11) is 3.51. The Balaban J connectivity index is 1.88. The van der Waals surface area contributed by atoms with E-state index in [9.17, 15) is 9.59 Å². The third-order valence-electron chi connectivity index (χ3n) is 4.14. The number of nitrogens with one attached hydrogen (secondary N) is 3. The van der Waals surface area contributed by atoms with Crippen molar-refractivity contribution in [2.45, 2.75) is 6.92 Å². The van der Waals surface area contributed by atoms with Crippen molar-refractivity contribution in [3.05, 3.63) is 23.8 Å². The van der Waals surface area contributed by atoms with Gasteiger partial charge in [-0.05, 0) is 31.7 Å². The van der Waals surface area contributed by atoms with Gasteiger partial charge in [0.2, 0.25) is 5.91 Å². The van der Waals surface area contributed by atoms with Crippen LogP contribution in [0, 0.1) is 12.8 Å². The average molecular weight is 364 g/mol. The summed E-state index contributed by atoms with van der Waals surface area (Å²) in [4.78, 5) is 26.0. The first-order valence-corrected chi connectivity index (χ1v) is 8.68. The minimum Gasteiger partial charge on any atom is -0.380 e. The summed E-state index contributed by atoms with van der Waals surface area (Å²) < 4.78 is 10.4. The number of rotatable bonds is 6. The molecular weight excluding hydrogens is 336 g/mol. The number of anilines is 2. The summed E-state index contributed by atoms with van der Waals surface area (Å²) in [6.07, 6.45) is 0. The first-order chi connectivity index (χ1) is 12.5. The molecule has 3 amide bonds. The number of benzene rings is 1. The van der Waals surface area contributed by atoms with Crippen molar-refractivity contribution in [1.82, 2.24) is 10.2 Å². The largest absolute Gasteiger partial charge is 0.380 e. The van der Waals surface area contributed by atoms with Gasteiger partial charge in [-0.25, -0.2) is 4.79 Å². The van der Waals surface area contributed by atoms with Gasteiger partial charge in [0.25, 0.3) is 0 Å². The molecule has 1 heterocycles. The smallest absolute Gasteiger partial charge is 0.319 e. The minimum atomic E-state index is -0.277. The Labute approximate surface area is 154 Å². The number of nitrogens with zero attached hydrogens (tertiary/aromatic N) is 1. The quantitative estimate of drug-likeness (QED) is 0.707. The molecule has 0 bridgehead atoms. The van der Waals surface area contributed by atoms with Gasteiger partial charge >= 0.3 is 6.03 Å². The fourth-order valence-electron chi connectivity index (χ4n) is 2.74. The Bertz CT molecular complexity index is 623. The van der Waals surface area contributed by atoms with Gasteiger partial charge in [-0.2, -0.15) is 0 Å². The van der Waals surface area contributed by atoms with Crippen molar-refractivity contribution >= 4 is 23.3 Å². The van der Waals surface area contributed by atoms with Gasteiger partial charge in [-0.1, -0.05) is 6.07 Å². The molecule has 26 heavy (non-hydrogen) atoms. The second-order valence-electron chi connectivity index (χ2n) is 6.55. The summed E-state index contributed by atoms with van der Waals surface area (Å²) in [5, 5.41) is 8.45. The van der Waals surface area contributed by atoms with Crippen molar-refractivity contribution in [3.8, 4) is 0 Å². The number of methoxy groups -OCH3 is 1. The highest BCUT2D eigenvalue weighted by molar-refractivity contribution is 5.94. The average Bonchev–Trinajstić information content (AvgIpc) is 2.80. The monoisotopic (exact) mass is 364 g/mol. The third kappa shape index (κ3) is 6.62. The second-order valence-corrected chi connectivity index (χ2v) is 6.55. The fourth-order valence-corrected chi connectivity index (χ4v) is 2.74. The molecule has 0 radical (unpaired) electrons. The molecule has 1 aromatic carbocycles. The lowest BCUT2D eigenvalue weighted by atomic mass is 10.1. The van der Waals surface area contributed by atoms with Gasteiger partial charge in [0.05, 0.1) is 13.2 Å². The molecule has 1 fully saturated rings. The van der Waals surface area contributed by atoms with Crippen molar-refractivity contribution in [2.24, 2.45) is 5.92 Å². The van der Waals surface area contributed by atoms with Crippen molar-refractivity contribution < 1.29 is 19.1 Å². The van der Waals surface area contributed by atoms with E-state index in [0.717, 1.165) is 25.3 Å². The summed E-state index contributed by atoms with van der Waals surface area (Å²) in [5.41, 5.74) is 2.15. The number of ether oxygens (including phenoxy) is 2. The number of likely N-dealkylation sites (N-methyl/N-ethyl adjacent to an activating group) is 1. The third-order valence-corrected chi connectivity index (χ3v) is 4.14. The van der Waals surface area contributed by atoms with E-state index in [1.165, 1.54) is 7.11 Å². The van der Waals surface area contributed by atoms with Crippen molar-refractivity contribution in [1.29, 1.82) is 0 Å². The molecule has 2 rings (SSSR count). The zero-order valence-electron chi connectivity index (χ0n) is 15.6. The van der Waals surface area contributed by atoms with Crippen LogP contribution in [-0.2, 0) is 14.3 Å². The number of hydrogen-bond donors (Lipinski definition) is 3. The van der Waals surface area contributed by atoms with E-state index in [0.29, 0.717) is 24.5 Å². The summed E-state index contributed by atoms with van der Waals surface area (Å²) in [5.74, 6) is 0.0123. The molecule has 1 aromatic rings. The van der Waals surface area contributed by atoms with Crippen LogP contribution in [0.5, 0.6) is 0 Å². The molecule has 3 N–H and O–H groups in total. The zero-order chi connectivity index (χ0) is 18.9. The van der Waals surface area contributed by atoms with Gasteiger partial charge in [-0.3, -0.25) is 4.79 Å². The molecule has 1 aliphatic heterocycles. The number of urea groups is 1. The van der Waals surface area contributed by atoms with Crippen LogP contribution in [0.3, 0.4) is 0 Å². The van der Waals surface area contributed by atoms with Crippen LogP contribution in [0.2, 0.25) is 0 Å². The Morgan fingerprint density at radius 3 is 2.92 bits per heavy atom. The molecule has 0 unspecified atom stereocenters. The molecule has 144 valence electrons. The van der Waals surface area contributed by atoms with Gasteiger partial charge < -0.3 is 30.3 Å². The summed E-state index contributed by atoms with van der Waals surface area (Å²) in [6, 6.07) is 5.07. The molecular formula is C18H28N4O4. The van der Waals surface area contributed by atoms with Crippen LogP contribution in [-0.4, -0.2) is 70.5 Å². The van der Waals surface area contributed by atoms with E-state index >= 15 is 0 Å². The molecule has 8 nitrogen and oxygen atoms in total. The maximum absolute atomic E-state index is 12.2. The van der Waals surface area contributed by atoms with Crippen molar-refractivity contribution in [2.75, 3.05) is 64.2 Å². The Kier molecular flexibility index (Phi) is 7.83. The minimum absolute atomic E-state index is 0.0188. The predicted octanol–water partition coefficient (Wildman–Crippen LogP) is 1.28. The molecule has 0 aromatic heterocycles. The van der Waals surface area contributed by atoms with E-state index in [2.05, 4.69) is 27.9 Å². The van der Waals surface area contributed by atoms with Crippen LogP contribution in [0.15, 0.2) is 18.2 Å². The topological polar surface area (TPSA) is 91.9 Å². The first kappa shape index (κ1) is 20.2. The molecule has 1 aliphatic rings. The normalized spacial score (nSPS) is 18.0. The predicted molar refractivity (Wildman–Crippen MR) is 101 cm³/mol. The first-order valence-electron chi connectivity index (χ1n) is 8.68. The van der Waals surface area contributed by atoms with E-state index in [1.807, 2.05) is 13.0 Å². The van der Waals surface area contributed by atoms with Crippen LogP contribution in [0.4, 0.5) is 16.2 Å². The summed E-state index contributed by atoms with van der Waals surface area (Å²) in [6.45, 7) is 5.58. The zero-order valence-corrected chi connectivity index (χ0v) is 15.6. The van der Waals surface area contributed by atoms with E-state index in [-0.39, 0.29) is 24.5 Å². The van der Waals surface area contributed by atoms with Gasteiger partial charge in [0.1, 0.15) is 6.61 Å².